The molecule has 1 atom stereocenters. The minimum absolute atomic E-state index is 0.00764. The van der Waals surface area contributed by atoms with Gasteiger partial charge in [0.25, 0.3) is 5.91 Å². The van der Waals surface area contributed by atoms with Gasteiger partial charge < -0.3 is 11.1 Å². The van der Waals surface area contributed by atoms with Crippen LogP contribution in [-0.4, -0.2) is 16.9 Å². The van der Waals surface area contributed by atoms with E-state index in [4.69, 9.17) is 5.73 Å². The maximum Gasteiger partial charge on any atom is 0.304 e. The van der Waals surface area contributed by atoms with Crippen LogP contribution in [0.1, 0.15) is 56.3 Å². The molecule has 21 heavy (non-hydrogen) atoms. The fraction of sp³-hybridized carbons (Fsp3) is 0.533. The minimum atomic E-state index is -0.606. The average Bonchev–Trinajstić information content (AvgIpc) is 2.44. The first-order chi connectivity index (χ1) is 10.0. The molecule has 6 nitrogen and oxygen atoms in total. The fourth-order valence-electron chi connectivity index (χ4n) is 2.30. The molecule has 116 valence electrons. The van der Waals surface area contributed by atoms with Crippen LogP contribution in [0.4, 0.5) is 11.4 Å². The van der Waals surface area contributed by atoms with Gasteiger partial charge in [0.05, 0.1) is 4.92 Å². The number of para-hydroxylation sites is 1. The number of carbonyl (C=O) groups excluding carboxylic acids is 1. The molecule has 6 heteroatoms. The molecule has 0 bridgehead atoms. The molecule has 0 aliphatic heterocycles. The van der Waals surface area contributed by atoms with E-state index in [-0.39, 0.29) is 23.0 Å². The number of nitrogens with one attached hydrogen (secondary N) is 1. The lowest BCUT2D eigenvalue weighted by Gasteiger charge is -2.18. The van der Waals surface area contributed by atoms with Crippen LogP contribution < -0.4 is 11.1 Å². The fourth-order valence-corrected chi connectivity index (χ4v) is 2.30. The molecule has 0 fully saturated rings. The van der Waals surface area contributed by atoms with Crippen LogP contribution in [0.15, 0.2) is 18.2 Å². The Hall–Kier alpha value is -2.11. The summed E-state index contributed by atoms with van der Waals surface area (Å²) in [6.45, 7) is 4.14. The van der Waals surface area contributed by atoms with E-state index in [1.165, 1.54) is 12.1 Å². The van der Waals surface area contributed by atoms with Crippen molar-refractivity contribution < 1.29 is 9.72 Å². The number of nitrogens with zero attached hydrogens (tertiary/aromatic N) is 1. The van der Waals surface area contributed by atoms with Gasteiger partial charge in [-0.3, -0.25) is 14.9 Å². The molecule has 0 aliphatic rings. The number of nitrogens with two attached hydrogens (primary N) is 1. The first kappa shape index (κ1) is 16.9. The van der Waals surface area contributed by atoms with E-state index in [0.717, 1.165) is 32.1 Å². The second kappa shape index (κ2) is 8.24. The van der Waals surface area contributed by atoms with Gasteiger partial charge in [-0.2, -0.15) is 0 Å². The number of nitrogen functional groups attached to an aromatic ring is 1. The summed E-state index contributed by atoms with van der Waals surface area (Å²) in [5.74, 6) is -0.427. The van der Waals surface area contributed by atoms with Crippen molar-refractivity contribution in [3.8, 4) is 0 Å². The second-order valence-corrected chi connectivity index (χ2v) is 5.10. The number of unbranched alkanes of at least 4 members (excludes halogenated alkanes) is 1. The van der Waals surface area contributed by atoms with Gasteiger partial charge in [0.2, 0.25) is 0 Å². The second-order valence-electron chi connectivity index (χ2n) is 5.10. The number of carbonyl (C=O) groups is 1. The van der Waals surface area contributed by atoms with Gasteiger partial charge >= 0.3 is 5.69 Å². The lowest BCUT2D eigenvalue weighted by molar-refractivity contribution is -0.384. The van der Waals surface area contributed by atoms with E-state index in [2.05, 4.69) is 12.2 Å². The van der Waals surface area contributed by atoms with Crippen molar-refractivity contribution in [2.75, 3.05) is 5.73 Å². The minimum Gasteiger partial charge on any atom is -0.393 e. The number of nitro benzene ring substituents is 1. The normalized spacial score (nSPS) is 11.9. The molecule has 0 heterocycles. The Morgan fingerprint density at radius 3 is 2.62 bits per heavy atom. The smallest absolute Gasteiger partial charge is 0.304 e. The van der Waals surface area contributed by atoms with E-state index in [9.17, 15) is 14.9 Å². The molecule has 0 aliphatic carbocycles. The van der Waals surface area contributed by atoms with Crippen LogP contribution in [-0.2, 0) is 0 Å². The number of nitro groups is 1. The maximum absolute atomic E-state index is 12.3. The molecule has 0 saturated carbocycles. The van der Waals surface area contributed by atoms with Gasteiger partial charge in [-0.15, -0.1) is 0 Å². The number of rotatable bonds is 8. The zero-order valence-electron chi connectivity index (χ0n) is 12.6. The van der Waals surface area contributed by atoms with Crippen LogP contribution >= 0.6 is 0 Å². The Morgan fingerprint density at radius 2 is 2.05 bits per heavy atom. The Bertz CT molecular complexity index is 503. The Morgan fingerprint density at radius 1 is 1.33 bits per heavy atom. The highest BCUT2D eigenvalue weighted by Crippen LogP contribution is 2.26. The third-order valence-electron chi connectivity index (χ3n) is 3.37. The van der Waals surface area contributed by atoms with Crippen molar-refractivity contribution in [1.82, 2.24) is 5.32 Å². The van der Waals surface area contributed by atoms with Gasteiger partial charge in [0.1, 0.15) is 11.3 Å². The average molecular weight is 293 g/mol. The quantitative estimate of drug-likeness (QED) is 0.436. The Labute approximate surface area is 124 Å². The van der Waals surface area contributed by atoms with Gasteiger partial charge in [-0.1, -0.05) is 39.2 Å². The Balaban J connectivity index is 2.92. The van der Waals surface area contributed by atoms with Gasteiger partial charge in [0.15, 0.2) is 0 Å². The highest BCUT2D eigenvalue weighted by molar-refractivity contribution is 6.00. The van der Waals surface area contributed by atoms with Gasteiger partial charge in [-0.05, 0) is 25.0 Å². The Kier molecular flexibility index (Phi) is 6.65. The largest absolute Gasteiger partial charge is 0.393 e. The zero-order chi connectivity index (χ0) is 15.8. The molecular weight excluding hydrogens is 270 g/mol. The summed E-state index contributed by atoms with van der Waals surface area (Å²) in [7, 11) is 0. The van der Waals surface area contributed by atoms with E-state index in [1.54, 1.807) is 6.07 Å². The third-order valence-corrected chi connectivity index (χ3v) is 3.37. The SMILES string of the molecule is CCCCC(CCC)NC(=O)c1cccc(N)c1[N+](=O)[O-]. The van der Waals surface area contributed by atoms with Crippen LogP contribution in [0.2, 0.25) is 0 Å². The van der Waals surface area contributed by atoms with Crippen LogP contribution in [0, 0.1) is 10.1 Å². The lowest BCUT2D eigenvalue weighted by atomic mass is 10.0. The summed E-state index contributed by atoms with van der Waals surface area (Å²) >= 11 is 0. The summed E-state index contributed by atoms with van der Waals surface area (Å²) < 4.78 is 0. The molecule has 1 unspecified atom stereocenters. The van der Waals surface area contributed by atoms with Crippen LogP contribution in [0.25, 0.3) is 0 Å². The maximum atomic E-state index is 12.3. The summed E-state index contributed by atoms with van der Waals surface area (Å²) in [5.41, 5.74) is 5.32. The molecule has 1 rings (SSSR count). The molecule has 0 saturated heterocycles. The van der Waals surface area contributed by atoms with Crippen molar-refractivity contribution in [3.63, 3.8) is 0 Å². The summed E-state index contributed by atoms with van der Waals surface area (Å²) in [5, 5.41) is 14.0. The van der Waals surface area contributed by atoms with Gasteiger partial charge in [0, 0.05) is 6.04 Å². The van der Waals surface area contributed by atoms with Crippen molar-refractivity contribution in [3.05, 3.63) is 33.9 Å². The number of anilines is 1. The summed E-state index contributed by atoms with van der Waals surface area (Å²) in [6, 6.07) is 4.46. The molecule has 3 N–H and O–H groups in total. The van der Waals surface area contributed by atoms with Crippen LogP contribution in [0.5, 0.6) is 0 Å². The van der Waals surface area contributed by atoms with Crippen molar-refractivity contribution in [2.45, 2.75) is 52.0 Å². The molecule has 1 aromatic rings. The first-order valence-corrected chi connectivity index (χ1v) is 7.34. The molecule has 0 aromatic heterocycles. The van der Waals surface area contributed by atoms with Crippen molar-refractivity contribution >= 4 is 17.3 Å². The molecule has 1 aromatic carbocycles. The highest BCUT2D eigenvalue weighted by atomic mass is 16.6. The first-order valence-electron chi connectivity index (χ1n) is 7.34. The number of hydrogen-bond acceptors (Lipinski definition) is 4. The monoisotopic (exact) mass is 293 g/mol. The molecule has 0 spiro atoms. The highest BCUT2D eigenvalue weighted by Gasteiger charge is 2.24. The molecular formula is C15H23N3O3. The predicted molar refractivity (Wildman–Crippen MR) is 83.2 cm³/mol. The van der Waals surface area contributed by atoms with Crippen molar-refractivity contribution in [1.29, 1.82) is 0 Å². The van der Waals surface area contributed by atoms with Crippen LogP contribution in [0.3, 0.4) is 0 Å². The number of amides is 1. The molecule has 0 radical (unpaired) electrons. The van der Waals surface area contributed by atoms with Gasteiger partial charge in [-0.25, -0.2) is 0 Å². The van der Waals surface area contributed by atoms with Crippen molar-refractivity contribution in [2.24, 2.45) is 0 Å². The molecule has 1 amide bonds. The topological polar surface area (TPSA) is 98.3 Å². The van der Waals surface area contributed by atoms with E-state index in [0.29, 0.717) is 0 Å². The summed E-state index contributed by atoms with van der Waals surface area (Å²) in [4.78, 5) is 22.8. The number of benzene rings is 1. The predicted octanol–water partition coefficient (Wildman–Crippen LogP) is 3.27. The van der Waals surface area contributed by atoms with E-state index in [1.807, 2.05) is 6.92 Å². The third kappa shape index (κ3) is 4.73. The number of hydrogen-bond donors (Lipinski definition) is 2. The lowest BCUT2D eigenvalue weighted by Crippen LogP contribution is -2.35. The zero-order valence-corrected chi connectivity index (χ0v) is 12.6. The standard InChI is InChI=1S/C15H23N3O3/c1-3-5-8-11(7-4-2)17-15(19)12-9-6-10-13(16)14(12)18(20)21/h6,9-11H,3-5,7-8,16H2,1-2H3,(H,17,19). The van der Waals surface area contributed by atoms with E-state index < -0.39 is 10.8 Å². The van der Waals surface area contributed by atoms with E-state index >= 15 is 0 Å². The summed E-state index contributed by atoms with van der Waals surface area (Å²) in [6.07, 6.45) is 4.76.